The highest BCUT2D eigenvalue weighted by atomic mass is 15.1. The fourth-order valence-corrected chi connectivity index (χ4v) is 2.24. The fraction of sp³-hybridized carbons (Fsp3) is 1.00. The predicted octanol–water partition coefficient (Wildman–Crippen LogP) is 3.12. The Bertz CT molecular complexity index is 144. The maximum absolute atomic E-state index is 5.55. The van der Waals surface area contributed by atoms with Gasteiger partial charge in [0.1, 0.15) is 0 Å². The Labute approximate surface area is 103 Å². The van der Waals surface area contributed by atoms with Crippen LogP contribution in [0.1, 0.15) is 53.4 Å². The normalized spacial score (nSPS) is 13.7. The van der Waals surface area contributed by atoms with Crippen LogP contribution in [0.4, 0.5) is 0 Å². The fourth-order valence-electron chi connectivity index (χ4n) is 2.24. The summed E-state index contributed by atoms with van der Waals surface area (Å²) in [5.74, 6) is 1.67. The molecule has 0 bridgehead atoms. The van der Waals surface area contributed by atoms with Crippen LogP contribution >= 0.6 is 0 Å². The molecular weight excluding hydrogens is 196 g/mol. The number of rotatable bonds is 10. The van der Waals surface area contributed by atoms with E-state index >= 15 is 0 Å². The Balaban J connectivity index is 3.88. The van der Waals surface area contributed by atoms with Crippen molar-refractivity contribution in [3.8, 4) is 0 Å². The molecule has 0 aromatic carbocycles. The second-order valence-corrected chi connectivity index (χ2v) is 5.07. The molecule has 0 aromatic rings. The van der Waals surface area contributed by atoms with E-state index < -0.39 is 0 Å². The van der Waals surface area contributed by atoms with Crippen LogP contribution in [0.15, 0.2) is 0 Å². The maximum Gasteiger partial charge on any atom is 0.000945 e. The first-order chi connectivity index (χ1) is 7.67. The summed E-state index contributed by atoms with van der Waals surface area (Å²) in [6.07, 6.45) is 5.06. The summed E-state index contributed by atoms with van der Waals surface area (Å²) in [6.45, 7) is 13.8. The summed E-state index contributed by atoms with van der Waals surface area (Å²) in [5, 5.41) is 0. The van der Waals surface area contributed by atoms with E-state index in [4.69, 9.17) is 5.73 Å². The summed E-state index contributed by atoms with van der Waals surface area (Å²) in [5.41, 5.74) is 5.55. The zero-order valence-corrected chi connectivity index (χ0v) is 11.8. The third-order valence-corrected chi connectivity index (χ3v) is 3.59. The van der Waals surface area contributed by atoms with Crippen LogP contribution in [0.3, 0.4) is 0 Å². The van der Waals surface area contributed by atoms with Crippen LogP contribution in [-0.2, 0) is 0 Å². The van der Waals surface area contributed by atoms with Gasteiger partial charge in [-0.2, -0.15) is 0 Å². The van der Waals surface area contributed by atoms with Gasteiger partial charge in [0.15, 0.2) is 0 Å². The Kier molecular flexibility index (Phi) is 10.0. The molecule has 0 saturated carbocycles. The molecule has 1 unspecified atom stereocenters. The molecule has 0 rings (SSSR count). The Morgan fingerprint density at radius 3 is 2.12 bits per heavy atom. The quantitative estimate of drug-likeness (QED) is 0.622. The highest BCUT2D eigenvalue weighted by Gasteiger charge is 2.12. The number of hydrogen-bond donors (Lipinski definition) is 1. The summed E-state index contributed by atoms with van der Waals surface area (Å²) in [4.78, 5) is 2.61. The van der Waals surface area contributed by atoms with E-state index in [0.29, 0.717) is 0 Å². The Morgan fingerprint density at radius 1 is 1.06 bits per heavy atom. The van der Waals surface area contributed by atoms with Crippen LogP contribution in [-0.4, -0.2) is 31.1 Å². The lowest BCUT2D eigenvalue weighted by atomic mass is 10.0. The van der Waals surface area contributed by atoms with Crippen LogP contribution in [0.25, 0.3) is 0 Å². The smallest absolute Gasteiger partial charge is 0.000945 e. The molecule has 0 aromatic heterocycles. The molecule has 2 heteroatoms. The monoisotopic (exact) mass is 228 g/mol. The van der Waals surface area contributed by atoms with E-state index in [-0.39, 0.29) is 0 Å². The van der Waals surface area contributed by atoms with Crippen LogP contribution in [0.2, 0.25) is 0 Å². The second-order valence-electron chi connectivity index (χ2n) is 5.07. The second kappa shape index (κ2) is 10.1. The lowest BCUT2D eigenvalue weighted by molar-refractivity contribution is 0.202. The number of hydrogen-bond acceptors (Lipinski definition) is 2. The first-order valence-electron chi connectivity index (χ1n) is 7.10. The van der Waals surface area contributed by atoms with E-state index in [0.717, 1.165) is 18.4 Å². The number of nitrogens with two attached hydrogens (primary N) is 1. The van der Waals surface area contributed by atoms with Gasteiger partial charge in [-0.3, -0.25) is 0 Å². The van der Waals surface area contributed by atoms with Gasteiger partial charge in [0.2, 0.25) is 0 Å². The van der Waals surface area contributed by atoms with Crippen molar-refractivity contribution < 1.29 is 0 Å². The molecular formula is C14H32N2. The number of nitrogens with zero attached hydrogens (tertiary/aromatic N) is 1. The van der Waals surface area contributed by atoms with Gasteiger partial charge in [-0.05, 0) is 37.8 Å². The van der Waals surface area contributed by atoms with Gasteiger partial charge in [-0.1, -0.05) is 40.5 Å². The largest absolute Gasteiger partial charge is 0.330 e. The van der Waals surface area contributed by atoms with Gasteiger partial charge in [-0.25, -0.2) is 0 Å². The Morgan fingerprint density at radius 2 is 1.69 bits per heavy atom. The summed E-state index contributed by atoms with van der Waals surface area (Å²) >= 11 is 0. The highest BCUT2D eigenvalue weighted by molar-refractivity contribution is 4.66. The molecule has 2 N–H and O–H groups in total. The first-order valence-corrected chi connectivity index (χ1v) is 7.10. The zero-order valence-electron chi connectivity index (χ0n) is 11.8. The SMILES string of the molecule is CCC(CC)CN(CC)CC(C)CCCN. The van der Waals surface area contributed by atoms with Gasteiger partial charge in [0, 0.05) is 13.1 Å². The average Bonchev–Trinajstić information content (AvgIpc) is 2.31. The lowest BCUT2D eigenvalue weighted by Crippen LogP contribution is -2.33. The molecule has 1 atom stereocenters. The van der Waals surface area contributed by atoms with Crippen molar-refractivity contribution in [1.82, 2.24) is 4.90 Å². The molecule has 0 aliphatic carbocycles. The highest BCUT2D eigenvalue weighted by Crippen LogP contribution is 2.13. The third kappa shape index (κ3) is 7.24. The minimum Gasteiger partial charge on any atom is -0.330 e. The molecule has 0 heterocycles. The maximum atomic E-state index is 5.55. The molecule has 0 fully saturated rings. The van der Waals surface area contributed by atoms with Crippen molar-refractivity contribution in [3.63, 3.8) is 0 Å². The van der Waals surface area contributed by atoms with Crippen LogP contribution in [0.5, 0.6) is 0 Å². The van der Waals surface area contributed by atoms with Gasteiger partial charge in [0.05, 0.1) is 0 Å². The van der Waals surface area contributed by atoms with E-state index in [2.05, 4.69) is 32.6 Å². The minimum atomic E-state index is 0.790. The van der Waals surface area contributed by atoms with E-state index in [1.54, 1.807) is 0 Å². The summed E-state index contributed by atoms with van der Waals surface area (Å²) < 4.78 is 0. The van der Waals surface area contributed by atoms with E-state index in [9.17, 15) is 0 Å². The average molecular weight is 228 g/mol. The Hall–Kier alpha value is -0.0800. The molecule has 2 nitrogen and oxygen atoms in total. The van der Waals surface area contributed by atoms with Crippen molar-refractivity contribution >= 4 is 0 Å². The van der Waals surface area contributed by atoms with E-state index in [1.807, 2.05) is 0 Å². The van der Waals surface area contributed by atoms with Crippen LogP contribution < -0.4 is 5.73 Å². The lowest BCUT2D eigenvalue weighted by Gasteiger charge is -2.27. The summed E-state index contributed by atoms with van der Waals surface area (Å²) in [7, 11) is 0. The van der Waals surface area contributed by atoms with Crippen molar-refractivity contribution in [2.45, 2.75) is 53.4 Å². The van der Waals surface area contributed by atoms with Gasteiger partial charge < -0.3 is 10.6 Å². The van der Waals surface area contributed by atoms with Gasteiger partial charge >= 0.3 is 0 Å². The first kappa shape index (κ1) is 15.9. The topological polar surface area (TPSA) is 29.3 Å². The standard InChI is InChI=1S/C14H32N2/c1-5-14(6-2)12-16(7-3)11-13(4)9-8-10-15/h13-14H,5-12,15H2,1-4H3. The predicted molar refractivity (Wildman–Crippen MR) is 73.6 cm³/mol. The van der Waals surface area contributed by atoms with Gasteiger partial charge in [-0.15, -0.1) is 0 Å². The molecule has 0 saturated heterocycles. The zero-order chi connectivity index (χ0) is 12.4. The van der Waals surface area contributed by atoms with E-state index in [1.165, 1.54) is 45.3 Å². The molecule has 16 heavy (non-hydrogen) atoms. The summed E-state index contributed by atoms with van der Waals surface area (Å²) in [6, 6.07) is 0. The van der Waals surface area contributed by atoms with Crippen molar-refractivity contribution in [2.75, 3.05) is 26.2 Å². The molecule has 0 amide bonds. The third-order valence-electron chi connectivity index (χ3n) is 3.59. The van der Waals surface area contributed by atoms with Crippen LogP contribution in [0, 0.1) is 11.8 Å². The molecule has 0 radical (unpaired) electrons. The minimum absolute atomic E-state index is 0.790. The molecule has 98 valence electrons. The van der Waals surface area contributed by atoms with Crippen molar-refractivity contribution in [1.29, 1.82) is 0 Å². The molecule has 0 aliphatic heterocycles. The van der Waals surface area contributed by atoms with Crippen molar-refractivity contribution in [3.05, 3.63) is 0 Å². The molecule has 0 spiro atoms. The van der Waals surface area contributed by atoms with Crippen molar-refractivity contribution in [2.24, 2.45) is 17.6 Å². The van der Waals surface area contributed by atoms with Gasteiger partial charge in [0.25, 0.3) is 0 Å². The molecule has 0 aliphatic rings.